The maximum atomic E-state index is 12.0. The molecule has 27 heavy (non-hydrogen) atoms. The van der Waals surface area contributed by atoms with Crippen LogP contribution in [0.5, 0.6) is 5.75 Å². The fourth-order valence-electron chi connectivity index (χ4n) is 3.54. The zero-order valence-electron chi connectivity index (χ0n) is 15.5. The Kier molecular flexibility index (Phi) is 4.42. The van der Waals surface area contributed by atoms with Crippen LogP contribution < -0.4 is 4.74 Å². The Bertz CT molecular complexity index is 1020. The molecule has 0 bridgehead atoms. The molecule has 0 saturated heterocycles. The third-order valence-electron chi connectivity index (χ3n) is 4.87. The summed E-state index contributed by atoms with van der Waals surface area (Å²) in [6.45, 7) is 2.56. The lowest BCUT2D eigenvalue weighted by Crippen LogP contribution is -2.32. The van der Waals surface area contributed by atoms with Crippen molar-refractivity contribution < 1.29 is 9.84 Å². The first-order chi connectivity index (χ1) is 13.1. The van der Waals surface area contributed by atoms with Crippen LogP contribution in [0.25, 0.3) is 11.0 Å². The normalized spacial score (nSPS) is 11.7. The molecular formula is C23H22N2O2. The van der Waals surface area contributed by atoms with Gasteiger partial charge in [0.1, 0.15) is 5.75 Å². The Hall–Kier alpha value is -3.11. The standard InChI is InChI=1S/C23H22N2O2/c1-3-27-19-14-15-21-20(16-19)24-22(25(21)2)23(26,17-10-6-4-7-11-17)18-12-8-5-9-13-18/h4-16,26H,3H2,1-2H3. The lowest BCUT2D eigenvalue weighted by Gasteiger charge is -2.29. The van der Waals surface area contributed by atoms with Crippen molar-refractivity contribution in [3.63, 3.8) is 0 Å². The second-order valence-electron chi connectivity index (χ2n) is 6.52. The zero-order chi connectivity index (χ0) is 18.9. The van der Waals surface area contributed by atoms with Crippen molar-refractivity contribution in [3.05, 3.63) is 95.8 Å². The molecule has 0 aliphatic rings. The first kappa shape index (κ1) is 17.3. The van der Waals surface area contributed by atoms with Crippen LogP contribution in [0, 0.1) is 0 Å². The van der Waals surface area contributed by atoms with Crippen LogP contribution in [0.3, 0.4) is 0 Å². The number of nitrogens with zero attached hydrogens (tertiary/aromatic N) is 2. The van der Waals surface area contributed by atoms with E-state index in [1.807, 2.05) is 97.4 Å². The van der Waals surface area contributed by atoms with Crippen LogP contribution in [-0.4, -0.2) is 21.3 Å². The molecule has 4 aromatic rings. The van der Waals surface area contributed by atoms with Gasteiger partial charge in [-0.25, -0.2) is 4.98 Å². The van der Waals surface area contributed by atoms with Crippen LogP contribution in [-0.2, 0) is 12.6 Å². The van der Waals surface area contributed by atoms with E-state index in [0.29, 0.717) is 12.4 Å². The lowest BCUT2D eigenvalue weighted by molar-refractivity contribution is 0.113. The van der Waals surface area contributed by atoms with Gasteiger partial charge in [-0.3, -0.25) is 0 Å². The van der Waals surface area contributed by atoms with Crippen molar-refractivity contribution in [2.75, 3.05) is 6.61 Å². The molecule has 0 spiro atoms. The molecule has 1 N–H and O–H groups in total. The Balaban J connectivity index is 1.97. The largest absolute Gasteiger partial charge is 0.494 e. The molecule has 0 aliphatic carbocycles. The van der Waals surface area contributed by atoms with E-state index in [1.165, 1.54) is 0 Å². The number of ether oxygens (including phenoxy) is 1. The van der Waals surface area contributed by atoms with E-state index in [-0.39, 0.29) is 0 Å². The maximum absolute atomic E-state index is 12.0. The summed E-state index contributed by atoms with van der Waals surface area (Å²) < 4.78 is 7.56. The monoisotopic (exact) mass is 358 g/mol. The second-order valence-corrected chi connectivity index (χ2v) is 6.52. The minimum atomic E-state index is -1.36. The van der Waals surface area contributed by atoms with Crippen molar-refractivity contribution in [1.29, 1.82) is 0 Å². The summed E-state index contributed by atoms with van der Waals surface area (Å²) >= 11 is 0. The van der Waals surface area contributed by atoms with Crippen LogP contribution in [0.1, 0.15) is 23.9 Å². The molecule has 0 aliphatic heterocycles. The molecule has 4 heteroatoms. The van der Waals surface area contributed by atoms with Crippen molar-refractivity contribution in [2.24, 2.45) is 7.05 Å². The molecule has 0 unspecified atom stereocenters. The highest BCUT2D eigenvalue weighted by Crippen LogP contribution is 2.37. The molecule has 0 radical (unpaired) electrons. The molecule has 3 aromatic carbocycles. The topological polar surface area (TPSA) is 47.3 Å². The molecule has 0 atom stereocenters. The lowest BCUT2D eigenvalue weighted by atomic mass is 9.85. The highest BCUT2D eigenvalue weighted by molar-refractivity contribution is 5.78. The molecule has 0 amide bonds. The summed E-state index contributed by atoms with van der Waals surface area (Å²) in [5.41, 5.74) is 1.93. The molecule has 136 valence electrons. The first-order valence-corrected chi connectivity index (χ1v) is 9.07. The molecular weight excluding hydrogens is 336 g/mol. The van der Waals surface area contributed by atoms with Gasteiger partial charge in [0.2, 0.25) is 0 Å². The van der Waals surface area contributed by atoms with E-state index < -0.39 is 5.60 Å². The van der Waals surface area contributed by atoms with Crippen LogP contribution in [0.15, 0.2) is 78.9 Å². The number of aryl methyl sites for hydroxylation is 1. The van der Waals surface area contributed by atoms with Crippen molar-refractivity contribution >= 4 is 11.0 Å². The molecule has 1 heterocycles. The third-order valence-corrected chi connectivity index (χ3v) is 4.87. The van der Waals surface area contributed by atoms with E-state index in [4.69, 9.17) is 9.72 Å². The van der Waals surface area contributed by atoms with Gasteiger partial charge in [0.05, 0.1) is 17.6 Å². The van der Waals surface area contributed by atoms with Gasteiger partial charge in [-0.05, 0) is 30.2 Å². The Morgan fingerprint density at radius 1 is 0.926 bits per heavy atom. The summed E-state index contributed by atoms with van der Waals surface area (Å²) in [6, 6.07) is 25.1. The summed E-state index contributed by atoms with van der Waals surface area (Å²) in [4.78, 5) is 4.81. The minimum Gasteiger partial charge on any atom is -0.494 e. The van der Waals surface area contributed by atoms with E-state index in [0.717, 1.165) is 27.9 Å². The van der Waals surface area contributed by atoms with Crippen LogP contribution in [0.4, 0.5) is 0 Å². The van der Waals surface area contributed by atoms with Crippen molar-refractivity contribution in [2.45, 2.75) is 12.5 Å². The van der Waals surface area contributed by atoms with E-state index >= 15 is 0 Å². The molecule has 4 rings (SSSR count). The molecule has 4 nitrogen and oxygen atoms in total. The van der Waals surface area contributed by atoms with Crippen LogP contribution in [0.2, 0.25) is 0 Å². The van der Waals surface area contributed by atoms with Gasteiger partial charge < -0.3 is 14.4 Å². The number of hydrogen-bond acceptors (Lipinski definition) is 3. The summed E-state index contributed by atoms with van der Waals surface area (Å²) in [6.07, 6.45) is 0. The third kappa shape index (κ3) is 2.88. The predicted octanol–water partition coefficient (Wildman–Crippen LogP) is 4.26. The summed E-state index contributed by atoms with van der Waals surface area (Å²) in [5.74, 6) is 1.35. The SMILES string of the molecule is CCOc1ccc2c(c1)nc(C(O)(c1ccccc1)c1ccccc1)n2C. The number of aromatic nitrogens is 2. The summed E-state index contributed by atoms with van der Waals surface area (Å²) in [7, 11) is 1.93. The first-order valence-electron chi connectivity index (χ1n) is 9.07. The number of imidazole rings is 1. The molecule has 0 saturated carbocycles. The smallest absolute Gasteiger partial charge is 0.173 e. The van der Waals surface area contributed by atoms with Gasteiger partial charge in [-0.15, -0.1) is 0 Å². The van der Waals surface area contributed by atoms with Gasteiger partial charge in [0.25, 0.3) is 0 Å². The van der Waals surface area contributed by atoms with Gasteiger partial charge in [-0.2, -0.15) is 0 Å². The van der Waals surface area contributed by atoms with Gasteiger partial charge in [0.15, 0.2) is 11.4 Å². The van der Waals surface area contributed by atoms with E-state index in [1.54, 1.807) is 0 Å². The van der Waals surface area contributed by atoms with Gasteiger partial charge in [-0.1, -0.05) is 60.7 Å². The Morgan fingerprint density at radius 3 is 2.07 bits per heavy atom. The maximum Gasteiger partial charge on any atom is 0.173 e. The number of rotatable bonds is 5. The average Bonchev–Trinajstić information content (AvgIpc) is 3.05. The highest BCUT2D eigenvalue weighted by Gasteiger charge is 2.38. The summed E-state index contributed by atoms with van der Waals surface area (Å²) in [5, 5.41) is 12.0. The van der Waals surface area contributed by atoms with Crippen molar-refractivity contribution in [1.82, 2.24) is 9.55 Å². The van der Waals surface area contributed by atoms with E-state index in [9.17, 15) is 5.11 Å². The zero-order valence-corrected chi connectivity index (χ0v) is 15.5. The predicted molar refractivity (Wildman–Crippen MR) is 107 cm³/mol. The molecule has 1 aromatic heterocycles. The number of benzene rings is 3. The number of hydrogen-bond donors (Lipinski definition) is 1. The van der Waals surface area contributed by atoms with E-state index in [2.05, 4.69) is 0 Å². The van der Waals surface area contributed by atoms with Crippen LogP contribution >= 0.6 is 0 Å². The second kappa shape index (κ2) is 6.89. The number of aliphatic hydroxyl groups is 1. The Labute approximate surface area is 158 Å². The fraction of sp³-hybridized carbons (Fsp3) is 0.174. The molecule has 0 fully saturated rings. The van der Waals surface area contributed by atoms with Crippen molar-refractivity contribution in [3.8, 4) is 5.75 Å². The minimum absolute atomic E-state index is 0.573. The fourth-order valence-corrected chi connectivity index (χ4v) is 3.54. The number of fused-ring (bicyclic) bond motifs is 1. The average molecular weight is 358 g/mol. The Morgan fingerprint density at radius 2 is 1.52 bits per heavy atom. The highest BCUT2D eigenvalue weighted by atomic mass is 16.5. The quantitative estimate of drug-likeness (QED) is 0.580. The van der Waals surface area contributed by atoms with Gasteiger partial charge >= 0.3 is 0 Å². The van der Waals surface area contributed by atoms with Gasteiger partial charge in [0, 0.05) is 13.1 Å².